The first-order valence-corrected chi connectivity index (χ1v) is 5.51. The van der Waals surface area contributed by atoms with Crippen LogP contribution >= 0.6 is 0 Å². The topological polar surface area (TPSA) is 76.5 Å². The van der Waals surface area contributed by atoms with E-state index < -0.39 is 12.1 Å². The van der Waals surface area contributed by atoms with Gasteiger partial charge in [0.15, 0.2) is 0 Å². The lowest BCUT2D eigenvalue weighted by atomic mass is 10.2. The summed E-state index contributed by atoms with van der Waals surface area (Å²) in [6.45, 7) is 2.05. The van der Waals surface area contributed by atoms with Gasteiger partial charge in [-0.25, -0.2) is 4.79 Å². The van der Waals surface area contributed by atoms with E-state index in [1.54, 1.807) is 24.9 Å². The maximum absolute atomic E-state index is 11.9. The maximum atomic E-state index is 11.9. The Hall–Kier alpha value is -2.05. The van der Waals surface area contributed by atoms with Crippen LogP contribution in [0.3, 0.4) is 0 Å². The van der Waals surface area contributed by atoms with E-state index in [2.05, 4.69) is 15.2 Å². The number of carbonyl (C=O) groups is 2. The van der Waals surface area contributed by atoms with Gasteiger partial charge in [-0.15, -0.1) is 0 Å². The lowest BCUT2D eigenvalue weighted by Gasteiger charge is -2.21. The lowest BCUT2D eigenvalue weighted by Crippen LogP contribution is -2.45. The Morgan fingerprint density at radius 2 is 2.28 bits per heavy atom. The number of nitrogens with one attached hydrogen (secondary N) is 1. The van der Waals surface area contributed by atoms with Crippen LogP contribution in [0.15, 0.2) is 12.4 Å². The summed E-state index contributed by atoms with van der Waals surface area (Å²) in [7, 11) is 4.74. The fraction of sp³-hybridized carbons (Fsp3) is 0.545. The molecule has 0 fully saturated rings. The summed E-state index contributed by atoms with van der Waals surface area (Å²) < 4.78 is 6.11. The maximum Gasteiger partial charge on any atom is 0.407 e. The Labute approximate surface area is 106 Å². The van der Waals surface area contributed by atoms with Gasteiger partial charge in [-0.3, -0.25) is 9.48 Å². The van der Waals surface area contributed by atoms with Crippen molar-refractivity contribution in [1.29, 1.82) is 0 Å². The number of hydrogen-bond donors (Lipinski definition) is 1. The molecule has 0 aliphatic rings. The van der Waals surface area contributed by atoms with Crippen molar-refractivity contribution in [3.8, 4) is 0 Å². The molecule has 100 valence electrons. The third-order valence-electron chi connectivity index (χ3n) is 2.44. The van der Waals surface area contributed by atoms with Crippen LogP contribution in [0.4, 0.5) is 4.79 Å². The molecule has 1 aromatic heterocycles. The molecular weight excluding hydrogens is 236 g/mol. The van der Waals surface area contributed by atoms with Gasteiger partial charge in [0.25, 0.3) is 0 Å². The smallest absolute Gasteiger partial charge is 0.407 e. The van der Waals surface area contributed by atoms with Crippen LogP contribution in [0.5, 0.6) is 0 Å². The number of alkyl carbamates (subject to hydrolysis) is 1. The molecule has 0 aromatic carbocycles. The second kappa shape index (κ2) is 6.04. The minimum Gasteiger partial charge on any atom is -0.453 e. The second-order valence-electron chi connectivity index (χ2n) is 4.07. The van der Waals surface area contributed by atoms with Crippen LogP contribution in [0, 0.1) is 0 Å². The van der Waals surface area contributed by atoms with Crippen LogP contribution < -0.4 is 5.32 Å². The molecule has 7 nitrogen and oxygen atoms in total. The fourth-order valence-electron chi connectivity index (χ4n) is 1.53. The quantitative estimate of drug-likeness (QED) is 0.828. The Morgan fingerprint density at radius 3 is 2.78 bits per heavy atom. The van der Waals surface area contributed by atoms with Crippen LogP contribution in [-0.2, 0) is 23.1 Å². The number of aryl methyl sites for hydroxylation is 1. The van der Waals surface area contributed by atoms with E-state index in [4.69, 9.17) is 0 Å². The first-order valence-electron chi connectivity index (χ1n) is 5.51. The third-order valence-corrected chi connectivity index (χ3v) is 2.44. The highest BCUT2D eigenvalue weighted by Crippen LogP contribution is 2.03. The molecular formula is C11H18N4O3. The van der Waals surface area contributed by atoms with Gasteiger partial charge in [-0.05, 0) is 6.92 Å². The summed E-state index contributed by atoms with van der Waals surface area (Å²) in [5, 5.41) is 6.45. The second-order valence-corrected chi connectivity index (χ2v) is 4.07. The average Bonchev–Trinajstić information content (AvgIpc) is 2.73. The largest absolute Gasteiger partial charge is 0.453 e. The van der Waals surface area contributed by atoms with Crippen molar-refractivity contribution in [2.45, 2.75) is 19.5 Å². The van der Waals surface area contributed by atoms with Crippen LogP contribution in [-0.4, -0.2) is 46.9 Å². The average molecular weight is 254 g/mol. The molecule has 2 amide bonds. The molecule has 1 rings (SSSR count). The van der Waals surface area contributed by atoms with Crippen LogP contribution in [0.1, 0.15) is 12.5 Å². The predicted molar refractivity (Wildman–Crippen MR) is 64.7 cm³/mol. The van der Waals surface area contributed by atoms with E-state index >= 15 is 0 Å². The summed E-state index contributed by atoms with van der Waals surface area (Å²) in [6, 6.07) is -0.626. The number of hydrogen-bond acceptors (Lipinski definition) is 4. The lowest BCUT2D eigenvalue weighted by molar-refractivity contribution is -0.132. The molecule has 0 bridgehead atoms. The van der Waals surface area contributed by atoms with Gasteiger partial charge >= 0.3 is 6.09 Å². The van der Waals surface area contributed by atoms with Crippen molar-refractivity contribution in [1.82, 2.24) is 20.0 Å². The van der Waals surface area contributed by atoms with Crippen molar-refractivity contribution >= 4 is 12.0 Å². The molecule has 1 atom stereocenters. The first-order chi connectivity index (χ1) is 8.43. The standard InChI is InChI=1S/C11H18N4O3/c1-8(13-11(17)18-4)10(16)14(2)6-9-5-12-15(3)7-9/h5,7-8H,6H2,1-4H3,(H,13,17)/t8-/m0/s1. The number of likely N-dealkylation sites (N-methyl/N-ethyl adjacent to an activating group) is 1. The Bertz CT molecular complexity index is 430. The van der Waals surface area contributed by atoms with Gasteiger partial charge in [0, 0.05) is 32.4 Å². The Balaban J connectivity index is 2.52. The zero-order valence-electron chi connectivity index (χ0n) is 11.0. The summed E-state index contributed by atoms with van der Waals surface area (Å²) in [5.41, 5.74) is 0.929. The molecule has 1 heterocycles. The van der Waals surface area contributed by atoms with Gasteiger partial charge in [0.2, 0.25) is 5.91 Å². The number of nitrogens with zero attached hydrogens (tertiary/aromatic N) is 3. The van der Waals surface area contributed by atoms with Gasteiger partial charge < -0.3 is 15.0 Å². The van der Waals surface area contributed by atoms with Gasteiger partial charge in [-0.1, -0.05) is 0 Å². The zero-order valence-corrected chi connectivity index (χ0v) is 11.0. The van der Waals surface area contributed by atoms with Crippen molar-refractivity contribution in [2.24, 2.45) is 7.05 Å². The molecule has 7 heteroatoms. The molecule has 0 saturated heterocycles. The molecule has 1 aromatic rings. The summed E-state index contributed by atoms with van der Waals surface area (Å²) in [4.78, 5) is 24.5. The number of methoxy groups -OCH3 is 1. The number of carbonyl (C=O) groups excluding carboxylic acids is 2. The van der Waals surface area contributed by atoms with Crippen LogP contribution in [0.2, 0.25) is 0 Å². The number of amides is 2. The molecule has 0 aliphatic carbocycles. The van der Waals surface area contributed by atoms with E-state index in [9.17, 15) is 9.59 Å². The highest BCUT2D eigenvalue weighted by molar-refractivity contribution is 5.85. The minimum absolute atomic E-state index is 0.191. The van der Waals surface area contributed by atoms with Crippen molar-refractivity contribution < 1.29 is 14.3 Å². The van der Waals surface area contributed by atoms with Crippen molar-refractivity contribution in [2.75, 3.05) is 14.2 Å². The number of aromatic nitrogens is 2. The van der Waals surface area contributed by atoms with E-state index in [1.807, 2.05) is 13.2 Å². The normalized spacial score (nSPS) is 11.8. The fourth-order valence-corrected chi connectivity index (χ4v) is 1.53. The highest BCUT2D eigenvalue weighted by Gasteiger charge is 2.19. The number of ether oxygens (including phenoxy) is 1. The predicted octanol–water partition coefficient (Wildman–Crippen LogP) is 0.123. The molecule has 0 spiro atoms. The summed E-state index contributed by atoms with van der Waals surface area (Å²) >= 11 is 0. The monoisotopic (exact) mass is 254 g/mol. The first kappa shape index (κ1) is 14.0. The third kappa shape index (κ3) is 3.76. The van der Waals surface area contributed by atoms with E-state index in [0.717, 1.165) is 5.56 Å². The van der Waals surface area contributed by atoms with E-state index in [0.29, 0.717) is 6.54 Å². The SMILES string of the molecule is COC(=O)N[C@@H](C)C(=O)N(C)Cc1cnn(C)c1. The van der Waals surface area contributed by atoms with Gasteiger partial charge in [0.1, 0.15) is 6.04 Å². The Morgan fingerprint density at radius 1 is 1.61 bits per heavy atom. The molecule has 1 N–H and O–H groups in total. The van der Waals surface area contributed by atoms with Gasteiger partial charge in [-0.2, -0.15) is 5.10 Å². The summed E-state index contributed by atoms with van der Waals surface area (Å²) in [5.74, 6) is -0.191. The van der Waals surface area contributed by atoms with Crippen molar-refractivity contribution in [3.63, 3.8) is 0 Å². The molecule has 0 saturated carbocycles. The Kier molecular flexibility index (Phi) is 4.70. The zero-order chi connectivity index (χ0) is 13.7. The van der Waals surface area contributed by atoms with E-state index in [-0.39, 0.29) is 5.91 Å². The molecule has 0 unspecified atom stereocenters. The molecule has 0 aliphatic heterocycles. The van der Waals surface area contributed by atoms with E-state index in [1.165, 1.54) is 12.0 Å². The summed E-state index contributed by atoms with van der Waals surface area (Å²) in [6.07, 6.45) is 2.91. The number of rotatable bonds is 4. The van der Waals surface area contributed by atoms with Gasteiger partial charge in [0.05, 0.1) is 13.3 Å². The van der Waals surface area contributed by atoms with Crippen molar-refractivity contribution in [3.05, 3.63) is 18.0 Å². The highest BCUT2D eigenvalue weighted by atomic mass is 16.5. The molecule has 0 radical (unpaired) electrons. The molecule has 18 heavy (non-hydrogen) atoms. The van der Waals surface area contributed by atoms with Crippen LogP contribution in [0.25, 0.3) is 0 Å². The minimum atomic E-state index is -0.626.